The van der Waals surface area contributed by atoms with Gasteiger partial charge in [0.25, 0.3) is 5.56 Å². The quantitative estimate of drug-likeness (QED) is 0.691. The van der Waals surface area contributed by atoms with Crippen molar-refractivity contribution in [1.82, 2.24) is 19.9 Å². The number of aryl methyl sites for hydroxylation is 2. The van der Waals surface area contributed by atoms with Crippen LogP contribution in [0.2, 0.25) is 0 Å². The van der Waals surface area contributed by atoms with Crippen molar-refractivity contribution in [3.05, 3.63) is 63.0 Å². The molecule has 1 saturated heterocycles. The highest BCUT2D eigenvalue weighted by atomic mass is 32.1. The fraction of sp³-hybridized carbons (Fsp3) is 0.381. The molecule has 1 aliphatic rings. The van der Waals surface area contributed by atoms with Crippen LogP contribution in [0.15, 0.2) is 41.2 Å². The van der Waals surface area contributed by atoms with Crippen LogP contribution in [0.5, 0.6) is 0 Å². The smallest absolute Gasteiger partial charge is 0.252 e. The Hall–Kier alpha value is -2.51. The summed E-state index contributed by atoms with van der Waals surface area (Å²) in [6.07, 6.45) is 2.05. The molecular formula is C21H25N5OS. The topological polar surface area (TPSA) is 73.9 Å². The van der Waals surface area contributed by atoms with Gasteiger partial charge in [-0.2, -0.15) is 0 Å². The predicted octanol–water partition coefficient (Wildman–Crippen LogP) is 3.59. The van der Waals surface area contributed by atoms with Gasteiger partial charge in [0.15, 0.2) is 0 Å². The number of aromatic nitrogens is 3. The minimum atomic E-state index is -0.139. The molecule has 7 heteroatoms. The number of rotatable bonds is 5. The predicted molar refractivity (Wildman–Crippen MR) is 114 cm³/mol. The summed E-state index contributed by atoms with van der Waals surface area (Å²) in [7, 11) is 0. The lowest BCUT2D eigenvalue weighted by Crippen LogP contribution is -2.39. The van der Waals surface area contributed by atoms with E-state index in [0.717, 1.165) is 48.1 Å². The third-order valence-electron chi connectivity index (χ3n) is 5.06. The molecule has 0 unspecified atom stereocenters. The second-order valence-electron chi connectivity index (χ2n) is 7.31. The molecule has 0 bridgehead atoms. The summed E-state index contributed by atoms with van der Waals surface area (Å²) in [5.74, 6) is 0.550. The van der Waals surface area contributed by atoms with Crippen LogP contribution in [-0.4, -0.2) is 39.0 Å². The van der Waals surface area contributed by atoms with Crippen molar-refractivity contribution in [2.45, 2.75) is 39.3 Å². The van der Waals surface area contributed by atoms with Gasteiger partial charge in [0.2, 0.25) is 5.95 Å². The zero-order chi connectivity index (χ0) is 19.5. The molecule has 28 heavy (non-hydrogen) atoms. The van der Waals surface area contributed by atoms with Crippen LogP contribution in [0.3, 0.4) is 0 Å². The largest absolute Gasteiger partial charge is 0.353 e. The van der Waals surface area contributed by atoms with Crippen LogP contribution < -0.4 is 10.9 Å². The van der Waals surface area contributed by atoms with Gasteiger partial charge in [0.1, 0.15) is 0 Å². The fourth-order valence-electron chi connectivity index (χ4n) is 3.68. The minimum absolute atomic E-state index is 0.139. The van der Waals surface area contributed by atoms with E-state index in [1.165, 1.54) is 5.56 Å². The van der Waals surface area contributed by atoms with Crippen molar-refractivity contribution in [3.63, 3.8) is 0 Å². The molecule has 0 radical (unpaired) electrons. The number of nitrogens with one attached hydrogen (secondary N) is 2. The van der Waals surface area contributed by atoms with Crippen LogP contribution >= 0.6 is 11.3 Å². The molecule has 146 valence electrons. The van der Waals surface area contributed by atoms with Crippen LogP contribution in [0.25, 0.3) is 10.6 Å². The number of aromatic amines is 1. The summed E-state index contributed by atoms with van der Waals surface area (Å²) in [5.41, 5.74) is 2.82. The maximum atomic E-state index is 12.1. The Bertz CT molecular complexity index is 990. The maximum absolute atomic E-state index is 12.1. The van der Waals surface area contributed by atoms with Gasteiger partial charge in [-0.3, -0.25) is 14.7 Å². The Morgan fingerprint density at radius 3 is 2.61 bits per heavy atom. The van der Waals surface area contributed by atoms with E-state index in [0.29, 0.717) is 17.7 Å². The van der Waals surface area contributed by atoms with Crippen molar-refractivity contribution in [1.29, 1.82) is 0 Å². The molecule has 0 atom stereocenters. The molecule has 0 amide bonds. The Kier molecular flexibility index (Phi) is 5.54. The number of hydrogen-bond donors (Lipinski definition) is 2. The van der Waals surface area contributed by atoms with E-state index < -0.39 is 0 Å². The number of anilines is 1. The molecule has 0 aliphatic carbocycles. The lowest BCUT2D eigenvalue weighted by molar-refractivity contribution is 0.211. The first kappa shape index (κ1) is 18.8. The number of nitrogens with zero attached hydrogens (tertiary/aromatic N) is 3. The first-order valence-corrected chi connectivity index (χ1v) is 10.5. The molecule has 0 saturated carbocycles. The number of benzene rings is 1. The fourth-order valence-corrected chi connectivity index (χ4v) is 4.56. The molecule has 6 nitrogen and oxygen atoms in total. The van der Waals surface area contributed by atoms with E-state index in [2.05, 4.69) is 55.5 Å². The zero-order valence-corrected chi connectivity index (χ0v) is 17.1. The second-order valence-corrected chi connectivity index (χ2v) is 8.51. The highest BCUT2D eigenvalue weighted by Crippen LogP contribution is 2.28. The Morgan fingerprint density at radius 2 is 1.93 bits per heavy atom. The van der Waals surface area contributed by atoms with Crippen molar-refractivity contribution < 1.29 is 0 Å². The summed E-state index contributed by atoms with van der Waals surface area (Å²) < 4.78 is 0. The highest BCUT2D eigenvalue weighted by molar-refractivity contribution is 7.15. The Morgan fingerprint density at radius 1 is 1.18 bits per heavy atom. The first-order valence-electron chi connectivity index (χ1n) is 9.65. The molecular weight excluding hydrogens is 370 g/mol. The van der Waals surface area contributed by atoms with E-state index in [1.807, 2.05) is 13.8 Å². The molecule has 1 fully saturated rings. The minimum Gasteiger partial charge on any atom is -0.353 e. The van der Waals surface area contributed by atoms with Gasteiger partial charge in [0.05, 0.1) is 21.3 Å². The van der Waals surface area contributed by atoms with Gasteiger partial charge in [-0.05, 0) is 32.3 Å². The van der Waals surface area contributed by atoms with Crippen molar-refractivity contribution >= 4 is 17.3 Å². The number of hydrogen-bond acceptors (Lipinski definition) is 6. The van der Waals surface area contributed by atoms with E-state index in [1.54, 1.807) is 17.4 Å². The molecule has 1 aromatic carbocycles. The summed E-state index contributed by atoms with van der Waals surface area (Å²) in [6.45, 7) is 6.98. The van der Waals surface area contributed by atoms with Crippen LogP contribution in [-0.2, 0) is 6.54 Å². The van der Waals surface area contributed by atoms with E-state index in [4.69, 9.17) is 0 Å². The summed E-state index contributed by atoms with van der Waals surface area (Å²) in [5, 5.41) is 4.41. The number of likely N-dealkylation sites (tertiary alicyclic amines) is 1. The molecule has 2 aromatic heterocycles. The molecule has 0 spiro atoms. The lowest BCUT2D eigenvalue weighted by atomic mass is 10.0. The normalized spacial score (nSPS) is 15.6. The van der Waals surface area contributed by atoms with Gasteiger partial charge in [-0.15, -0.1) is 11.3 Å². The Labute approximate surface area is 168 Å². The zero-order valence-electron chi connectivity index (χ0n) is 16.2. The molecule has 4 rings (SSSR count). The first-order chi connectivity index (χ1) is 13.6. The van der Waals surface area contributed by atoms with Crippen LogP contribution in [0.4, 0.5) is 5.95 Å². The summed E-state index contributed by atoms with van der Waals surface area (Å²) in [4.78, 5) is 27.5. The van der Waals surface area contributed by atoms with Gasteiger partial charge in [-0.1, -0.05) is 30.3 Å². The van der Waals surface area contributed by atoms with Gasteiger partial charge >= 0.3 is 0 Å². The average Bonchev–Trinajstić information content (AvgIpc) is 3.02. The summed E-state index contributed by atoms with van der Waals surface area (Å²) >= 11 is 1.57. The Balaban J connectivity index is 1.40. The van der Waals surface area contributed by atoms with E-state index >= 15 is 0 Å². The summed E-state index contributed by atoms with van der Waals surface area (Å²) in [6, 6.07) is 12.4. The third-order valence-corrected chi connectivity index (χ3v) is 6.15. The van der Waals surface area contributed by atoms with Crippen molar-refractivity contribution in [3.8, 4) is 10.6 Å². The van der Waals surface area contributed by atoms with Gasteiger partial charge in [0, 0.05) is 31.7 Å². The van der Waals surface area contributed by atoms with Crippen LogP contribution in [0, 0.1) is 13.8 Å². The molecule has 3 aromatic rings. The molecule has 1 aliphatic heterocycles. The van der Waals surface area contributed by atoms with E-state index in [9.17, 15) is 4.79 Å². The number of thiazole rings is 1. The molecule has 2 N–H and O–H groups in total. The third kappa shape index (κ3) is 4.48. The van der Waals surface area contributed by atoms with E-state index in [-0.39, 0.29) is 5.56 Å². The number of H-pyrrole nitrogens is 1. The van der Waals surface area contributed by atoms with Crippen LogP contribution in [0.1, 0.15) is 29.1 Å². The van der Waals surface area contributed by atoms with Gasteiger partial charge in [-0.25, -0.2) is 9.97 Å². The van der Waals surface area contributed by atoms with Gasteiger partial charge < -0.3 is 5.32 Å². The second kappa shape index (κ2) is 8.24. The SMILES string of the molecule is Cc1nc(C)c(-c2cc(=O)[nH]c(NC3CCN(Cc4ccccc4)CC3)n2)s1. The highest BCUT2D eigenvalue weighted by Gasteiger charge is 2.20. The maximum Gasteiger partial charge on any atom is 0.252 e. The van der Waals surface area contributed by atoms with Crippen molar-refractivity contribution in [2.24, 2.45) is 0 Å². The number of piperidine rings is 1. The van der Waals surface area contributed by atoms with Crippen molar-refractivity contribution in [2.75, 3.05) is 18.4 Å². The molecule has 3 heterocycles. The monoisotopic (exact) mass is 395 g/mol. The standard InChI is InChI=1S/C21H25N5OS/c1-14-20(28-15(2)22-14)18-12-19(27)25-21(24-18)23-17-8-10-26(11-9-17)13-16-6-4-3-5-7-16/h3-7,12,17H,8-11,13H2,1-2H3,(H2,23,24,25,27). The average molecular weight is 396 g/mol. The lowest BCUT2D eigenvalue weighted by Gasteiger charge is -2.32.